The summed E-state index contributed by atoms with van der Waals surface area (Å²) in [6.45, 7) is 0.464. The van der Waals surface area contributed by atoms with Crippen LogP contribution in [0, 0.1) is 5.92 Å². The third-order valence-electron chi connectivity index (χ3n) is 4.55. The van der Waals surface area contributed by atoms with E-state index in [-0.39, 0.29) is 28.8 Å². The molecule has 0 unspecified atom stereocenters. The summed E-state index contributed by atoms with van der Waals surface area (Å²) >= 11 is 1.09. The fourth-order valence-corrected chi connectivity index (χ4v) is 3.89. The molecule has 2 N–H and O–H groups in total. The van der Waals surface area contributed by atoms with Crippen molar-refractivity contribution in [1.82, 2.24) is 20.3 Å². The molecular formula is C18H17F3N4O2S. The Morgan fingerprint density at radius 2 is 2.25 bits per heavy atom. The van der Waals surface area contributed by atoms with Crippen molar-refractivity contribution in [2.75, 3.05) is 6.61 Å². The van der Waals surface area contributed by atoms with Gasteiger partial charge in [0.15, 0.2) is 11.7 Å². The van der Waals surface area contributed by atoms with E-state index in [2.05, 4.69) is 20.3 Å². The number of hydrogen-bond donors (Lipinski definition) is 2. The van der Waals surface area contributed by atoms with Crippen LogP contribution < -0.4 is 10.1 Å². The highest BCUT2D eigenvalue weighted by molar-refractivity contribution is 7.13. The van der Waals surface area contributed by atoms with Gasteiger partial charge in [-0.1, -0.05) is 0 Å². The number of H-pyrrole nitrogens is 1. The number of nitrogens with zero attached hydrogens (tertiary/aromatic N) is 2. The Labute approximate surface area is 162 Å². The second kappa shape index (κ2) is 7.08. The van der Waals surface area contributed by atoms with Crippen LogP contribution in [0.15, 0.2) is 30.6 Å². The van der Waals surface area contributed by atoms with Gasteiger partial charge in [0.25, 0.3) is 0 Å². The van der Waals surface area contributed by atoms with Gasteiger partial charge in [-0.3, -0.25) is 9.78 Å². The molecule has 0 aromatic carbocycles. The second-order valence-electron chi connectivity index (χ2n) is 6.75. The van der Waals surface area contributed by atoms with Crippen LogP contribution in [0.2, 0.25) is 0 Å². The molecule has 0 aliphatic heterocycles. The van der Waals surface area contributed by atoms with E-state index in [0.717, 1.165) is 33.1 Å². The second-order valence-corrected chi connectivity index (χ2v) is 7.83. The van der Waals surface area contributed by atoms with Crippen molar-refractivity contribution >= 4 is 28.3 Å². The van der Waals surface area contributed by atoms with Gasteiger partial charge in [-0.15, -0.1) is 11.3 Å². The molecular weight excluding hydrogens is 393 g/mol. The molecule has 10 heteroatoms. The highest BCUT2D eigenvalue weighted by Gasteiger charge is 2.46. The van der Waals surface area contributed by atoms with Gasteiger partial charge in [0.1, 0.15) is 5.82 Å². The standard InChI is InChI=1S/C18H17F3N4O2S/c1-9(14-2-3-15(28-14)27-8-18(19,20)21)23-17(26)11-6-10(11)16-24-12-4-5-22-7-13(12)25-16/h2-5,7,9-11H,6,8H2,1H3,(H,23,26)(H,24,25)/t9-,10+,11+/m1/s1. The average molecular weight is 410 g/mol. The molecule has 1 amide bonds. The van der Waals surface area contributed by atoms with Gasteiger partial charge in [0, 0.05) is 22.9 Å². The molecule has 0 radical (unpaired) electrons. The third-order valence-corrected chi connectivity index (χ3v) is 5.73. The van der Waals surface area contributed by atoms with E-state index in [9.17, 15) is 18.0 Å². The molecule has 1 saturated carbocycles. The lowest BCUT2D eigenvalue weighted by atomic mass is 10.2. The number of aromatic nitrogens is 3. The number of rotatable bonds is 6. The lowest BCUT2D eigenvalue weighted by Crippen LogP contribution is -2.28. The van der Waals surface area contributed by atoms with Gasteiger partial charge in [0.2, 0.25) is 5.91 Å². The van der Waals surface area contributed by atoms with Crippen molar-refractivity contribution in [1.29, 1.82) is 0 Å². The molecule has 3 heterocycles. The molecule has 6 nitrogen and oxygen atoms in total. The molecule has 28 heavy (non-hydrogen) atoms. The molecule has 3 aromatic heterocycles. The summed E-state index contributed by atoms with van der Waals surface area (Å²) in [6.07, 6.45) is -0.312. The third kappa shape index (κ3) is 4.11. The molecule has 3 aromatic rings. The van der Waals surface area contributed by atoms with Crippen molar-refractivity contribution in [3.05, 3.63) is 41.3 Å². The molecule has 0 spiro atoms. The fraction of sp³-hybridized carbons (Fsp3) is 0.389. The highest BCUT2D eigenvalue weighted by Crippen LogP contribution is 2.47. The van der Waals surface area contributed by atoms with Crippen LogP contribution in [-0.2, 0) is 4.79 Å². The van der Waals surface area contributed by atoms with Crippen molar-refractivity contribution in [2.24, 2.45) is 5.92 Å². The molecule has 1 fully saturated rings. The Kier molecular flexibility index (Phi) is 4.74. The summed E-state index contributed by atoms with van der Waals surface area (Å²) in [7, 11) is 0. The summed E-state index contributed by atoms with van der Waals surface area (Å²) in [4.78, 5) is 25.0. The maximum Gasteiger partial charge on any atom is 0.422 e. The molecule has 0 saturated heterocycles. The Hall–Kier alpha value is -2.62. The summed E-state index contributed by atoms with van der Waals surface area (Å²) in [5.41, 5.74) is 1.65. The SMILES string of the molecule is C[C@@H](NC(=O)[C@H]1C[C@@H]1c1nc2ccncc2[nH]1)c1ccc(OCC(F)(F)F)s1. The number of hydrogen-bond acceptors (Lipinski definition) is 5. The average Bonchev–Trinajstić information content (AvgIpc) is 3.11. The summed E-state index contributed by atoms with van der Waals surface area (Å²) in [6, 6.07) is 4.64. The maximum atomic E-state index is 12.5. The predicted octanol–water partition coefficient (Wildman–Crippen LogP) is 3.94. The first kappa shape index (κ1) is 18.7. The van der Waals surface area contributed by atoms with Crippen molar-refractivity contribution in [3.63, 3.8) is 0 Å². The Morgan fingerprint density at radius 3 is 3.00 bits per heavy atom. The smallest absolute Gasteiger partial charge is 0.422 e. The van der Waals surface area contributed by atoms with Crippen molar-refractivity contribution in [3.8, 4) is 5.06 Å². The van der Waals surface area contributed by atoms with E-state index in [1.165, 1.54) is 6.07 Å². The van der Waals surface area contributed by atoms with Gasteiger partial charge in [0.05, 0.1) is 23.3 Å². The van der Waals surface area contributed by atoms with Crippen LogP contribution in [-0.4, -0.2) is 33.6 Å². The summed E-state index contributed by atoms with van der Waals surface area (Å²) in [5.74, 6) is 0.544. The zero-order chi connectivity index (χ0) is 19.9. The minimum Gasteiger partial charge on any atom is -0.475 e. The molecule has 4 rings (SSSR count). The topological polar surface area (TPSA) is 79.9 Å². The first-order valence-electron chi connectivity index (χ1n) is 8.69. The molecule has 0 bridgehead atoms. The summed E-state index contributed by atoms with van der Waals surface area (Å²) in [5, 5.41) is 3.09. The number of alkyl halides is 3. The van der Waals surface area contributed by atoms with E-state index in [1.807, 2.05) is 6.07 Å². The fourth-order valence-electron chi connectivity index (χ4n) is 3.03. The Balaban J connectivity index is 1.33. The number of amides is 1. The van der Waals surface area contributed by atoms with Gasteiger partial charge in [-0.25, -0.2) is 4.98 Å². The molecule has 1 aliphatic carbocycles. The number of carbonyl (C=O) groups excluding carboxylic acids is 1. The number of carbonyl (C=O) groups is 1. The quantitative estimate of drug-likeness (QED) is 0.645. The minimum absolute atomic E-state index is 0.0358. The lowest BCUT2D eigenvalue weighted by molar-refractivity contribution is -0.152. The Bertz CT molecular complexity index is 967. The number of halogens is 3. The van der Waals surface area contributed by atoms with Crippen LogP contribution >= 0.6 is 11.3 Å². The number of ether oxygens (including phenoxy) is 1. The number of imidazole rings is 1. The summed E-state index contributed by atoms with van der Waals surface area (Å²) < 4.78 is 41.4. The number of aromatic amines is 1. The van der Waals surface area contributed by atoms with Crippen LogP contribution in [0.4, 0.5) is 13.2 Å². The largest absolute Gasteiger partial charge is 0.475 e. The minimum atomic E-state index is -4.38. The molecule has 3 atom stereocenters. The monoisotopic (exact) mass is 410 g/mol. The van der Waals surface area contributed by atoms with Crippen molar-refractivity contribution < 1.29 is 22.7 Å². The van der Waals surface area contributed by atoms with Gasteiger partial charge >= 0.3 is 6.18 Å². The number of fused-ring (bicyclic) bond motifs is 1. The first-order valence-corrected chi connectivity index (χ1v) is 9.51. The number of thiophene rings is 1. The maximum absolute atomic E-state index is 12.5. The molecule has 1 aliphatic rings. The van der Waals surface area contributed by atoms with E-state index in [0.29, 0.717) is 6.42 Å². The van der Waals surface area contributed by atoms with Crippen LogP contribution in [0.1, 0.15) is 36.0 Å². The predicted molar refractivity (Wildman–Crippen MR) is 97.2 cm³/mol. The normalized spacial score (nSPS) is 20.1. The Morgan fingerprint density at radius 1 is 1.43 bits per heavy atom. The van der Waals surface area contributed by atoms with Crippen LogP contribution in [0.25, 0.3) is 11.0 Å². The number of pyridine rings is 1. The van der Waals surface area contributed by atoms with E-state index >= 15 is 0 Å². The van der Waals surface area contributed by atoms with Crippen LogP contribution in [0.5, 0.6) is 5.06 Å². The lowest BCUT2D eigenvalue weighted by Gasteiger charge is -2.12. The van der Waals surface area contributed by atoms with E-state index in [1.54, 1.807) is 25.4 Å². The van der Waals surface area contributed by atoms with Gasteiger partial charge < -0.3 is 15.0 Å². The zero-order valence-electron chi connectivity index (χ0n) is 14.8. The van der Waals surface area contributed by atoms with E-state index < -0.39 is 12.8 Å². The van der Waals surface area contributed by atoms with Crippen molar-refractivity contribution in [2.45, 2.75) is 31.5 Å². The van der Waals surface area contributed by atoms with E-state index in [4.69, 9.17) is 4.74 Å². The van der Waals surface area contributed by atoms with Crippen LogP contribution in [0.3, 0.4) is 0 Å². The zero-order valence-corrected chi connectivity index (χ0v) is 15.6. The highest BCUT2D eigenvalue weighted by atomic mass is 32.1. The molecule has 148 valence electrons. The number of nitrogens with one attached hydrogen (secondary N) is 2. The van der Waals surface area contributed by atoms with Gasteiger partial charge in [-0.05, 0) is 31.5 Å². The first-order chi connectivity index (χ1) is 13.3. The van der Waals surface area contributed by atoms with Gasteiger partial charge in [-0.2, -0.15) is 13.2 Å².